The second-order valence-electron chi connectivity index (χ2n) is 15.9. The maximum atomic E-state index is 12.5. The van der Waals surface area contributed by atoms with E-state index in [1.165, 1.54) is 53.0 Å². The van der Waals surface area contributed by atoms with Gasteiger partial charge in [-0.15, -0.1) is 0 Å². The molecular formula is C54H54BNO6S3. The number of rotatable bonds is 11. The standard InChI is InChI=1S/C23H21NO2S2.C23H22OS.C8H11BO3/c1-16-7-10-21(11-8-16)28(25,26)15-24-17(2)18-9-12-23-20(13-18)14-19-5-3-4-6-22(19)27-23;1-3-24-21-11-8-17(9-12-21)16(2)18-10-13-23-20(14-18)15-19-6-4-5-7-22(19)25-23;1-2-12-8-5-3-7(4-6-8)9(10)11/h3-13H,14-15H2,1-2H3;4-14,16H,3,15H2,1-2H3;3-6,10-11H,2H2,1H3. The third-order valence-corrected chi connectivity index (χ3v) is 15.2. The molecule has 2 heterocycles. The Morgan fingerprint density at radius 1 is 0.631 bits per heavy atom. The van der Waals surface area contributed by atoms with Gasteiger partial charge in [-0.25, -0.2) is 8.42 Å². The molecule has 0 amide bonds. The van der Waals surface area contributed by atoms with Gasteiger partial charge in [0, 0.05) is 31.2 Å². The van der Waals surface area contributed by atoms with Gasteiger partial charge in [0.05, 0.1) is 18.1 Å². The molecule has 2 aliphatic heterocycles. The zero-order chi connectivity index (χ0) is 45.9. The van der Waals surface area contributed by atoms with Crippen molar-refractivity contribution in [3.8, 4) is 11.5 Å². The first-order chi connectivity index (χ1) is 31.4. The van der Waals surface area contributed by atoms with Crippen LogP contribution in [0.25, 0.3) is 0 Å². The van der Waals surface area contributed by atoms with E-state index in [2.05, 4.69) is 115 Å². The van der Waals surface area contributed by atoms with Crippen molar-refractivity contribution in [2.75, 3.05) is 19.1 Å². The molecule has 7 aromatic carbocycles. The Hall–Kier alpha value is -5.56. The van der Waals surface area contributed by atoms with Gasteiger partial charge in [0.1, 0.15) is 17.4 Å². The summed E-state index contributed by atoms with van der Waals surface area (Å²) < 4.78 is 35.8. The van der Waals surface area contributed by atoms with Crippen LogP contribution < -0.4 is 14.9 Å². The molecule has 9 rings (SSSR count). The second kappa shape index (κ2) is 22.1. The first kappa shape index (κ1) is 47.4. The average molecular weight is 920 g/mol. The monoisotopic (exact) mass is 919 g/mol. The van der Waals surface area contributed by atoms with E-state index >= 15 is 0 Å². The molecule has 0 fully saturated rings. The van der Waals surface area contributed by atoms with Crippen LogP contribution in [0.5, 0.6) is 11.5 Å². The van der Waals surface area contributed by atoms with Crippen LogP contribution in [0.15, 0.2) is 187 Å². The number of hydrogen-bond donors (Lipinski definition) is 2. The minimum absolute atomic E-state index is 0.240. The van der Waals surface area contributed by atoms with Gasteiger partial charge in [0.25, 0.3) is 0 Å². The molecule has 0 spiro atoms. The lowest BCUT2D eigenvalue weighted by Crippen LogP contribution is -2.29. The van der Waals surface area contributed by atoms with Crippen LogP contribution in [-0.2, 0) is 22.7 Å². The second-order valence-corrected chi connectivity index (χ2v) is 20.0. The molecule has 7 nitrogen and oxygen atoms in total. The van der Waals surface area contributed by atoms with Crippen LogP contribution >= 0.6 is 23.5 Å². The Morgan fingerprint density at radius 2 is 1.12 bits per heavy atom. The maximum absolute atomic E-state index is 12.5. The molecular weight excluding hydrogens is 866 g/mol. The average Bonchev–Trinajstić information content (AvgIpc) is 3.32. The molecule has 0 radical (unpaired) electrons. The molecule has 332 valence electrons. The summed E-state index contributed by atoms with van der Waals surface area (Å²) in [6, 6.07) is 52.4. The smallest absolute Gasteiger partial charge is 0.488 e. The van der Waals surface area contributed by atoms with Gasteiger partial charge in [0.2, 0.25) is 0 Å². The van der Waals surface area contributed by atoms with Gasteiger partial charge in [-0.3, -0.25) is 4.99 Å². The molecule has 11 heteroatoms. The molecule has 65 heavy (non-hydrogen) atoms. The van der Waals surface area contributed by atoms with Crippen LogP contribution in [0.3, 0.4) is 0 Å². The molecule has 2 aliphatic rings. The number of benzene rings is 7. The highest BCUT2D eigenvalue weighted by molar-refractivity contribution is 7.99. The van der Waals surface area contributed by atoms with Gasteiger partial charge in [-0.05, 0) is 152 Å². The predicted octanol–water partition coefficient (Wildman–Crippen LogP) is 11.3. The molecule has 0 aromatic heterocycles. The van der Waals surface area contributed by atoms with E-state index in [0.717, 1.165) is 41.2 Å². The number of sulfone groups is 1. The van der Waals surface area contributed by atoms with Gasteiger partial charge >= 0.3 is 7.12 Å². The van der Waals surface area contributed by atoms with Crippen molar-refractivity contribution in [2.45, 2.75) is 77.9 Å². The van der Waals surface area contributed by atoms with Crippen molar-refractivity contribution in [2.24, 2.45) is 4.99 Å². The van der Waals surface area contributed by atoms with Crippen molar-refractivity contribution in [1.82, 2.24) is 0 Å². The van der Waals surface area contributed by atoms with Gasteiger partial charge < -0.3 is 19.5 Å². The summed E-state index contributed by atoms with van der Waals surface area (Å²) in [5, 5.41) is 17.5. The van der Waals surface area contributed by atoms with Crippen LogP contribution in [0.4, 0.5) is 0 Å². The Balaban J connectivity index is 0.000000157. The lowest BCUT2D eigenvalue weighted by atomic mass is 9.80. The summed E-state index contributed by atoms with van der Waals surface area (Å²) in [6.45, 7) is 11.3. The number of aliphatic imine (C=N–C) groups is 1. The fourth-order valence-corrected chi connectivity index (χ4v) is 10.7. The molecule has 0 aliphatic carbocycles. The number of aryl methyl sites for hydroxylation is 1. The van der Waals surface area contributed by atoms with E-state index in [1.807, 2.05) is 57.7 Å². The number of nitrogens with zero attached hydrogens (tertiary/aromatic N) is 1. The summed E-state index contributed by atoms with van der Waals surface area (Å²) >= 11 is 3.67. The molecule has 2 N–H and O–H groups in total. The predicted molar refractivity (Wildman–Crippen MR) is 268 cm³/mol. The minimum Gasteiger partial charge on any atom is -0.494 e. The normalized spacial score (nSPS) is 12.9. The molecule has 7 aromatic rings. The third kappa shape index (κ3) is 12.4. The minimum atomic E-state index is -3.43. The van der Waals surface area contributed by atoms with Crippen LogP contribution in [-0.4, -0.2) is 50.4 Å². The number of hydrogen-bond acceptors (Lipinski definition) is 9. The molecule has 0 bridgehead atoms. The quantitative estimate of drug-likeness (QED) is 0.0976. The van der Waals surface area contributed by atoms with Crippen LogP contribution in [0, 0.1) is 6.92 Å². The van der Waals surface area contributed by atoms with Crippen molar-refractivity contribution < 1.29 is 27.9 Å². The number of ether oxygens (including phenoxy) is 2. The zero-order valence-corrected chi connectivity index (χ0v) is 39.9. The van der Waals surface area contributed by atoms with Crippen molar-refractivity contribution in [3.63, 3.8) is 0 Å². The lowest BCUT2D eigenvalue weighted by molar-refractivity contribution is 0.340. The highest BCUT2D eigenvalue weighted by Gasteiger charge is 2.20. The fraction of sp³-hybridized carbons (Fsp3) is 0.204. The lowest BCUT2D eigenvalue weighted by Gasteiger charge is -2.21. The summed E-state index contributed by atoms with van der Waals surface area (Å²) in [6.07, 6.45) is 1.92. The first-order valence-corrected chi connectivity index (χ1v) is 25.1. The molecule has 1 atom stereocenters. The first-order valence-electron chi connectivity index (χ1n) is 21.8. The highest BCUT2D eigenvalue weighted by atomic mass is 32.2. The zero-order valence-electron chi connectivity index (χ0n) is 37.4. The van der Waals surface area contributed by atoms with E-state index in [-0.39, 0.29) is 5.88 Å². The van der Waals surface area contributed by atoms with Crippen LogP contribution in [0.1, 0.15) is 78.1 Å². The van der Waals surface area contributed by atoms with Crippen molar-refractivity contribution in [3.05, 3.63) is 202 Å². The van der Waals surface area contributed by atoms with Gasteiger partial charge in [-0.1, -0.05) is 127 Å². The summed E-state index contributed by atoms with van der Waals surface area (Å²) in [5.41, 5.74) is 11.4. The summed E-state index contributed by atoms with van der Waals surface area (Å²) in [7, 11) is -4.83. The Bertz CT molecular complexity index is 2850. The number of fused-ring (bicyclic) bond motifs is 4. The SMILES string of the molecule is CC(=NCS(=O)(=O)c1ccc(C)cc1)c1ccc2c(c1)Cc1ccccc1S2.CCOc1ccc(B(O)O)cc1.CCOc1ccc(C(C)c2ccc3c(c2)Cc2ccccc2S3)cc1. The van der Waals surface area contributed by atoms with E-state index < -0.39 is 17.0 Å². The molecule has 0 saturated heterocycles. The summed E-state index contributed by atoms with van der Waals surface area (Å²) in [5.74, 6) is 1.82. The maximum Gasteiger partial charge on any atom is 0.488 e. The largest absolute Gasteiger partial charge is 0.494 e. The van der Waals surface area contributed by atoms with E-state index in [4.69, 9.17) is 19.5 Å². The van der Waals surface area contributed by atoms with Crippen molar-refractivity contribution in [1.29, 1.82) is 0 Å². The van der Waals surface area contributed by atoms with Gasteiger partial charge in [-0.2, -0.15) is 0 Å². The summed E-state index contributed by atoms with van der Waals surface area (Å²) in [4.78, 5) is 10.0. The van der Waals surface area contributed by atoms with Crippen LogP contribution in [0.2, 0.25) is 0 Å². The van der Waals surface area contributed by atoms with Gasteiger partial charge in [0.15, 0.2) is 9.84 Å². The van der Waals surface area contributed by atoms with E-state index in [1.54, 1.807) is 48.2 Å². The third-order valence-electron chi connectivity index (χ3n) is 11.2. The highest BCUT2D eigenvalue weighted by Crippen LogP contribution is 2.42. The van der Waals surface area contributed by atoms with Crippen molar-refractivity contribution >= 4 is 51.7 Å². The topological polar surface area (TPSA) is 105 Å². The fourth-order valence-electron chi connectivity index (χ4n) is 7.50. The Labute approximate surface area is 393 Å². The Morgan fingerprint density at radius 3 is 1.68 bits per heavy atom. The molecule has 0 saturated carbocycles. The Kier molecular flexibility index (Phi) is 16.1. The van der Waals surface area contributed by atoms with E-state index in [9.17, 15) is 8.42 Å². The van der Waals surface area contributed by atoms with E-state index in [0.29, 0.717) is 29.5 Å². The molecule has 1 unspecified atom stereocenters.